The highest BCUT2D eigenvalue weighted by atomic mass is 32.1. The number of nitrogens with zero attached hydrogens (tertiary/aromatic N) is 3. The number of hydrogen-bond donors (Lipinski definition) is 1. The van der Waals surface area contributed by atoms with E-state index in [1.54, 1.807) is 11.3 Å². The van der Waals surface area contributed by atoms with Crippen molar-refractivity contribution in [3.8, 4) is 0 Å². The van der Waals surface area contributed by atoms with Gasteiger partial charge >= 0.3 is 0 Å². The molecule has 6 nitrogen and oxygen atoms in total. The van der Waals surface area contributed by atoms with Gasteiger partial charge < -0.3 is 10.2 Å². The molecule has 0 unspecified atom stereocenters. The number of amides is 2. The molecular weight excluding hydrogens is 360 g/mol. The molecule has 1 atom stereocenters. The van der Waals surface area contributed by atoms with Crippen LogP contribution in [0.1, 0.15) is 44.2 Å². The average molecular weight is 391 g/mol. The Morgan fingerprint density at radius 2 is 1.93 bits per heavy atom. The predicted octanol–water partition coefficient (Wildman–Crippen LogP) is 1.91. The molecule has 7 heteroatoms. The molecule has 0 radical (unpaired) electrons. The van der Waals surface area contributed by atoms with Crippen LogP contribution in [-0.2, 0) is 16.0 Å². The Morgan fingerprint density at radius 3 is 2.63 bits per heavy atom. The molecule has 3 aliphatic rings. The normalized spacial score (nSPS) is 24.7. The van der Waals surface area contributed by atoms with E-state index in [-0.39, 0.29) is 11.8 Å². The zero-order valence-electron chi connectivity index (χ0n) is 15.9. The third-order valence-corrected chi connectivity index (χ3v) is 6.84. The van der Waals surface area contributed by atoms with E-state index in [2.05, 4.69) is 20.1 Å². The molecule has 1 saturated carbocycles. The topological polar surface area (TPSA) is 65.5 Å². The van der Waals surface area contributed by atoms with E-state index in [1.807, 2.05) is 10.9 Å². The van der Waals surface area contributed by atoms with Crippen molar-refractivity contribution in [3.63, 3.8) is 0 Å². The molecular formula is C20H30N4O2S. The van der Waals surface area contributed by atoms with E-state index in [1.165, 1.54) is 0 Å². The van der Waals surface area contributed by atoms with Crippen molar-refractivity contribution in [1.82, 2.24) is 20.1 Å². The summed E-state index contributed by atoms with van der Waals surface area (Å²) in [4.78, 5) is 33.6. The summed E-state index contributed by atoms with van der Waals surface area (Å²) in [6.07, 6.45) is 7.16. The van der Waals surface area contributed by atoms with Crippen molar-refractivity contribution in [3.05, 3.63) is 16.6 Å². The molecule has 27 heavy (non-hydrogen) atoms. The van der Waals surface area contributed by atoms with Crippen LogP contribution in [0, 0.1) is 11.8 Å². The van der Waals surface area contributed by atoms with Crippen LogP contribution in [0.25, 0.3) is 0 Å². The van der Waals surface area contributed by atoms with E-state index < -0.39 is 0 Å². The Labute approximate surface area is 165 Å². The molecule has 1 N–H and O–H groups in total. The summed E-state index contributed by atoms with van der Waals surface area (Å²) in [6.45, 7) is 4.40. The number of carbonyl (C=O) groups is 2. The fourth-order valence-electron chi connectivity index (χ4n) is 4.41. The lowest BCUT2D eigenvalue weighted by molar-refractivity contribution is -0.134. The highest BCUT2D eigenvalue weighted by Gasteiger charge is 2.37. The summed E-state index contributed by atoms with van der Waals surface area (Å²) in [5, 5.41) is 5.14. The van der Waals surface area contributed by atoms with Crippen molar-refractivity contribution < 1.29 is 9.59 Å². The van der Waals surface area contributed by atoms with Crippen molar-refractivity contribution in [1.29, 1.82) is 0 Å². The van der Waals surface area contributed by atoms with Crippen LogP contribution >= 0.6 is 11.3 Å². The quantitative estimate of drug-likeness (QED) is 0.806. The minimum absolute atomic E-state index is 0.0975. The predicted molar refractivity (Wildman–Crippen MR) is 105 cm³/mol. The number of rotatable bonds is 6. The van der Waals surface area contributed by atoms with Crippen LogP contribution in [0.15, 0.2) is 10.9 Å². The molecule has 3 heterocycles. The Bertz CT molecular complexity index is 638. The average Bonchev–Trinajstić information content (AvgIpc) is 3.44. The Kier molecular flexibility index (Phi) is 6.08. The van der Waals surface area contributed by atoms with Crippen LogP contribution in [-0.4, -0.2) is 65.4 Å². The van der Waals surface area contributed by atoms with Crippen molar-refractivity contribution >= 4 is 23.2 Å². The monoisotopic (exact) mass is 390 g/mol. The molecule has 1 aromatic heterocycles. The fraction of sp³-hybridized carbons (Fsp3) is 0.750. The van der Waals surface area contributed by atoms with Gasteiger partial charge in [-0.25, -0.2) is 4.98 Å². The van der Waals surface area contributed by atoms with Crippen LogP contribution in [0.3, 0.4) is 0 Å². The number of piperidine rings is 2. The van der Waals surface area contributed by atoms with E-state index in [0.29, 0.717) is 24.4 Å². The summed E-state index contributed by atoms with van der Waals surface area (Å²) in [6, 6.07) is 0.527. The zero-order valence-corrected chi connectivity index (χ0v) is 16.8. The lowest BCUT2D eigenvalue weighted by Crippen LogP contribution is -2.51. The third kappa shape index (κ3) is 4.88. The van der Waals surface area contributed by atoms with Gasteiger partial charge in [0.25, 0.3) is 0 Å². The second-order valence-corrected chi connectivity index (χ2v) is 8.90. The molecule has 3 fully saturated rings. The van der Waals surface area contributed by atoms with Crippen molar-refractivity contribution in [2.75, 3.05) is 32.7 Å². The second-order valence-electron chi connectivity index (χ2n) is 8.19. The minimum atomic E-state index is 0.0975. The summed E-state index contributed by atoms with van der Waals surface area (Å²) >= 11 is 1.59. The summed E-state index contributed by atoms with van der Waals surface area (Å²) in [5.74, 6) is 0.995. The van der Waals surface area contributed by atoms with E-state index in [4.69, 9.17) is 0 Å². The lowest BCUT2D eigenvalue weighted by Gasteiger charge is -2.42. The van der Waals surface area contributed by atoms with E-state index in [0.717, 1.165) is 76.8 Å². The number of thiazole rings is 1. The number of aromatic nitrogens is 1. The largest absolute Gasteiger partial charge is 0.355 e. The van der Waals surface area contributed by atoms with Crippen LogP contribution in [0.4, 0.5) is 0 Å². The fourth-order valence-corrected chi connectivity index (χ4v) is 5.00. The first-order chi connectivity index (χ1) is 13.2. The van der Waals surface area contributed by atoms with Gasteiger partial charge in [0.2, 0.25) is 11.8 Å². The SMILES string of the molecule is O=C(NCCc1cscn1)[C@@H]1CCCN(C2CCN(C(=O)C3CC3)CC2)C1. The van der Waals surface area contributed by atoms with Gasteiger partial charge in [-0.05, 0) is 45.1 Å². The third-order valence-electron chi connectivity index (χ3n) is 6.21. The molecule has 1 aliphatic carbocycles. The van der Waals surface area contributed by atoms with Gasteiger partial charge in [0.15, 0.2) is 0 Å². The molecule has 0 bridgehead atoms. The summed E-state index contributed by atoms with van der Waals surface area (Å²) in [7, 11) is 0. The molecule has 1 aromatic rings. The van der Waals surface area contributed by atoms with E-state index >= 15 is 0 Å². The van der Waals surface area contributed by atoms with Crippen LogP contribution in [0.2, 0.25) is 0 Å². The van der Waals surface area contributed by atoms with Gasteiger partial charge in [0.05, 0.1) is 17.1 Å². The van der Waals surface area contributed by atoms with Crippen LogP contribution in [0.5, 0.6) is 0 Å². The van der Waals surface area contributed by atoms with Crippen molar-refractivity contribution in [2.24, 2.45) is 11.8 Å². The minimum Gasteiger partial charge on any atom is -0.355 e. The highest BCUT2D eigenvalue weighted by Crippen LogP contribution is 2.32. The van der Waals surface area contributed by atoms with Gasteiger partial charge in [-0.1, -0.05) is 0 Å². The zero-order chi connectivity index (χ0) is 18.6. The van der Waals surface area contributed by atoms with E-state index in [9.17, 15) is 9.59 Å². The molecule has 148 valence electrons. The second kappa shape index (κ2) is 8.69. The molecule has 0 spiro atoms. The number of nitrogens with one attached hydrogen (secondary N) is 1. The molecule has 0 aromatic carbocycles. The summed E-state index contributed by atoms with van der Waals surface area (Å²) in [5.41, 5.74) is 2.89. The Morgan fingerprint density at radius 1 is 1.11 bits per heavy atom. The standard InChI is InChI=1S/C20H30N4O2S/c25-19(21-8-5-17-13-27-14-22-17)16-2-1-9-24(12-16)18-6-10-23(11-7-18)20(26)15-3-4-15/h13-16,18H,1-12H2,(H,21,25)/t16-/m1/s1. The van der Waals surface area contributed by atoms with Gasteiger partial charge in [-0.2, -0.15) is 0 Å². The van der Waals surface area contributed by atoms with Crippen molar-refractivity contribution in [2.45, 2.75) is 51.0 Å². The summed E-state index contributed by atoms with van der Waals surface area (Å²) < 4.78 is 0. The maximum atomic E-state index is 12.6. The van der Waals surface area contributed by atoms with Gasteiger partial charge in [-0.15, -0.1) is 11.3 Å². The van der Waals surface area contributed by atoms with Gasteiger partial charge in [0, 0.05) is 49.9 Å². The lowest BCUT2D eigenvalue weighted by atomic mass is 9.93. The first-order valence-electron chi connectivity index (χ1n) is 10.4. The highest BCUT2D eigenvalue weighted by molar-refractivity contribution is 7.07. The molecule has 2 saturated heterocycles. The number of hydrogen-bond acceptors (Lipinski definition) is 5. The molecule has 2 amide bonds. The van der Waals surface area contributed by atoms with Gasteiger partial charge in [0.1, 0.15) is 0 Å². The smallest absolute Gasteiger partial charge is 0.225 e. The number of likely N-dealkylation sites (tertiary alicyclic amines) is 2. The molecule has 2 aliphatic heterocycles. The first-order valence-corrected chi connectivity index (χ1v) is 11.3. The van der Waals surface area contributed by atoms with Crippen LogP contribution < -0.4 is 5.32 Å². The Hall–Kier alpha value is -1.47. The maximum Gasteiger partial charge on any atom is 0.225 e. The number of carbonyl (C=O) groups excluding carboxylic acids is 2. The maximum absolute atomic E-state index is 12.6. The molecule has 4 rings (SSSR count). The Balaban J connectivity index is 1.20. The van der Waals surface area contributed by atoms with Gasteiger partial charge in [-0.3, -0.25) is 14.5 Å². The first kappa shape index (κ1) is 18.9.